The van der Waals surface area contributed by atoms with E-state index in [-0.39, 0.29) is 11.0 Å². The molecule has 2 rings (SSSR count). The van der Waals surface area contributed by atoms with E-state index in [1.54, 1.807) is 0 Å². The van der Waals surface area contributed by atoms with Gasteiger partial charge in [0.25, 0.3) is 0 Å². The lowest BCUT2D eigenvalue weighted by Crippen LogP contribution is -2.57. The highest BCUT2D eigenvalue weighted by Gasteiger charge is 2.35. The molecule has 0 amide bonds. The van der Waals surface area contributed by atoms with Crippen LogP contribution in [0.3, 0.4) is 0 Å². The largest absolute Gasteiger partial charge is 0.412 e. The van der Waals surface area contributed by atoms with Crippen molar-refractivity contribution < 1.29 is 11.0 Å². The summed E-state index contributed by atoms with van der Waals surface area (Å²) < 4.78 is 0. The molecule has 18 heavy (non-hydrogen) atoms. The first kappa shape index (κ1) is 17.8. The molecule has 6 N–H and O–H groups in total. The molecule has 2 fully saturated rings. The first-order chi connectivity index (χ1) is 7.58. The molecular formula is C14H32N2O2. The maximum atomic E-state index is 3.68. The Balaban J connectivity index is 0.00000144. The van der Waals surface area contributed by atoms with Gasteiger partial charge in [0.15, 0.2) is 0 Å². The molecule has 1 aliphatic carbocycles. The van der Waals surface area contributed by atoms with Gasteiger partial charge in [0, 0.05) is 13.1 Å². The summed E-state index contributed by atoms with van der Waals surface area (Å²) >= 11 is 0. The zero-order valence-corrected chi connectivity index (χ0v) is 12.3. The van der Waals surface area contributed by atoms with Crippen LogP contribution in [-0.4, -0.2) is 30.2 Å². The lowest BCUT2D eigenvalue weighted by Gasteiger charge is -2.43. The second-order valence-electron chi connectivity index (χ2n) is 6.44. The van der Waals surface area contributed by atoms with Crippen LogP contribution in [0.5, 0.6) is 0 Å². The molecule has 0 radical (unpaired) electrons. The monoisotopic (exact) mass is 260 g/mol. The van der Waals surface area contributed by atoms with E-state index in [1.807, 2.05) is 0 Å². The summed E-state index contributed by atoms with van der Waals surface area (Å²) in [5.41, 5.74) is 0. The van der Waals surface area contributed by atoms with Crippen molar-refractivity contribution in [3.63, 3.8) is 0 Å². The summed E-state index contributed by atoms with van der Waals surface area (Å²) in [5, 5.41) is 7.37. The zero-order valence-electron chi connectivity index (χ0n) is 12.3. The number of hydrogen-bond acceptors (Lipinski definition) is 2. The Labute approximate surface area is 112 Å². The summed E-state index contributed by atoms with van der Waals surface area (Å²) in [4.78, 5) is 0. The highest BCUT2D eigenvalue weighted by molar-refractivity contribution is 4.88. The van der Waals surface area contributed by atoms with E-state index in [0.29, 0.717) is 6.17 Å². The average Bonchev–Trinajstić information content (AvgIpc) is 2.26. The van der Waals surface area contributed by atoms with E-state index in [1.165, 1.54) is 25.9 Å². The number of hydrogen-bond donors (Lipinski definition) is 2. The Morgan fingerprint density at radius 2 is 1.22 bits per heavy atom. The molecule has 2 unspecified atom stereocenters. The Morgan fingerprint density at radius 1 is 0.778 bits per heavy atom. The molecule has 0 bridgehead atoms. The van der Waals surface area contributed by atoms with E-state index in [9.17, 15) is 0 Å². The summed E-state index contributed by atoms with van der Waals surface area (Å²) in [6.45, 7) is 12.0. The molecule has 0 aromatic rings. The molecule has 2 atom stereocenters. The predicted molar refractivity (Wildman–Crippen MR) is 76.4 cm³/mol. The van der Waals surface area contributed by atoms with Crippen LogP contribution < -0.4 is 10.6 Å². The molecule has 1 saturated carbocycles. The van der Waals surface area contributed by atoms with Crippen LogP contribution in [0, 0.1) is 29.6 Å². The molecule has 4 nitrogen and oxygen atoms in total. The van der Waals surface area contributed by atoms with Crippen LogP contribution in [0.2, 0.25) is 0 Å². The van der Waals surface area contributed by atoms with E-state index < -0.39 is 0 Å². The van der Waals surface area contributed by atoms with Crippen LogP contribution in [0.4, 0.5) is 0 Å². The van der Waals surface area contributed by atoms with Crippen LogP contribution in [-0.2, 0) is 0 Å². The van der Waals surface area contributed by atoms with Crippen molar-refractivity contribution in [3.8, 4) is 0 Å². The Morgan fingerprint density at radius 3 is 1.67 bits per heavy atom. The average molecular weight is 260 g/mol. The smallest absolute Gasteiger partial charge is 0.0601 e. The Bertz CT molecular complexity index is 218. The molecule has 0 aromatic carbocycles. The van der Waals surface area contributed by atoms with Gasteiger partial charge in [-0.05, 0) is 42.4 Å². The van der Waals surface area contributed by atoms with E-state index in [0.717, 1.165) is 29.6 Å². The molecule has 1 heterocycles. The lowest BCUT2D eigenvalue weighted by atomic mass is 9.69. The summed E-state index contributed by atoms with van der Waals surface area (Å²) in [7, 11) is 0. The van der Waals surface area contributed by atoms with E-state index in [4.69, 9.17) is 0 Å². The quantitative estimate of drug-likeness (QED) is 0.731. The normalized spacial score (nSPS) is 44.7. The van der Waals surface area contributed by atoms with Crippen molar-refractivity contribution in [2.24, 2.45) is 29.6 Å². The second kappa shape index (κ2) is 7.43. The number of nitrogens with one attached hydrogen (secondary N) is 2. The summed E-state index contributed by atoms with van der Waals surface area (Å²) in [6.07, 6.45) is 3.36. The van der Waals surface area contributed by atoms with Crippen LogP contribution in [0.15, 0.2) is 0 Å². The zero-order chi connectivity index (χ0) is 11.7. The minimum Gasteiger partial charge on any atom is -0.412 e. The Hall–Kier alpha value is -0.160. The molecule has 0 aromatic heterocycles. The summed E-state index contributed by atoms with van der Waals surface area (Å²) in [6, 6.07) is 0. The minimum atomic E-state index is 0. The Kier molecular flexibility index (Phi) is 7.37. The molecule has 4 heteroatoms. The highest BCUT2D eigenvalue weighted by atomic mass is 16.0. The van der Waals surface area contributed by atoms with Crippen LogP contribution >= 0.6 is 0 Å². The van der Waals surface area contributed by atoms with Gasteiger partial charge in [0.2, 0.25) is 0 Å². The van der Waals surface area contributed by atoms with Gasteiger partial charge in [0.1, 0.15) is 0 Å². The molecule has 1 aliphatic heterocycles. The fourth-order valence-corrected chi connectivity index (χ4v) is 3.45. The van der Waals surface area contributed by atoms with E-state index in [2.05, 4.69) is 38.3 Å². The van der Waals surface area contributed by atoms with Gasteiger partial charge in [-0.3, -0.25) is 0 Å². The van der Waals surface area contributed by atoms with Gasteiger partial charge in [0.05, 0.1) is 6.17 Å². The minimum absolute atomic E-state index is 0. The second-order valence-corrected chi connectivity index (χ2v) is 6.44. The predicted octanol–water partition coefficient (Wildman–Crippen LogP) is 0.810. The van der Waals surface area contributed by atoms with Crippen molar-refractivity contribution in [1.29, 1.82) is 0 Å². The first-order valence-corrected chi connectivity index (χ1v) is 7.04. The van der Waals surface area contributed by atoms with Gasteiger partial charge in [-0.1, -0.05) is 27.7 Å². The number of rotatable bonds is 1. The van der Waals surface area contributed by atoms with Crippen molar-refractivity contribution >= 4 is 0 Å². The van der Waals surface area contributed by atoms with Gasteiger partial charge in [-0.15, -0.1) is 0 Å². The molecule has 1 saturated heterocycles. The van der Waals surface area contributed by atoms with Crippen molar-refractivity contribution in [2.45, 2.75) is 46.7 Å². The molecule has 0 spiro atoms. The standard InChI is InChI=1S/C14H28N2.2H2O/c1-9-7-15-14(16-8-9)13-5-10(2)12(4)11(3)6-13;;/h9-16H,5-8H2,1-4H3;2*1H2. The van der Waals surface area contributed by atoms with Crippen molar-refractivity contribution in [3.05, 3.63) is 0 Å². The maximum Gasteiger partial charge on any atom is 0.0601 e. The third kappa shape index (κ3) is 3.92. The third-order valence-electron chi connectivity index (χ3n) is 4.99. The summed E-state index contributed by atoms with van der Waals surface area (Å²) in [5.74, 6) is 4.30. The third-order valence-corrected chi connectivity index (χ3v) is 4.99. The van der Waals surface area contributed by atoms with Crippen molar-refractivity contribution in [2.75, 3.05) is 13.1 Å². The van der Waals surface area contributed by atoms with Gasteiger partial charge >= 0.3 is 0 Å². The molecular weight excluding hydrogens is 228 g/mol. The van der Waals surface area contributed by atoms with Gasteiger partial charge < -0.3 is 21.6 Å². The maximum absolute atomic E-state index is 3.68. The first-order valence-electron chi connectivity index (χ1n) is 7.04. The van der Waals surface area contributed by atoms with Gasteiger partial charge in [-0.2, -0.15) is 0 Å². The highest BCUT2D eigenvalue weighted by Crippen LogP contribution is 2.38. The van der Waals surface area contributed by atoms with Crippen LogP contribution in [0.25, 0.3) is 0 Å². The fourth-order valence-electron chi connectivity index (χ4n) is 3.45. The topological polar surface area (TPSA) is 87.1 Å². The molecule has 110 valence electrons. The van der Waals surface area contributed by atoms with Gasteiger partial charge in [-0.25, -0.2) is 0 Å². The molecule has 2 aliphatic rings. The van der Waals surface area contributed by atoms with Crippen molar-refractivity contribution in [1.82, 2.24) is 10.6 Å². The van der Waals surface area contributed by atoms with E-state index >= 15 is 0 Å². The lowest BCUT2D eigenvalue weighted by molar-refractivity contribution is 0.0933. The SMILES string of the molecule is CC1CNC(C2CC(C)C(C)C(C)C2)NC1.O.O. The fraction of sp³-hybridized carbons (Fsp3) is 1.00. The van der Waals surface area contributed by atoms with Crippen LogP contribution in [0.1, 0.15) is 40.5 Å².